The zero-order chi connectivity index (χ0) is 11.3. The maximum atomic E-state index is 8.96. The molecule has 0 fully saturated rings. The molecule has 1 rings (SSSR count). The van der Waals surface area contributed by atoms with E-state index in [4.69, 9.17) is 10.8 Å². The molecule has 84 valence electrons. The molecule has 15 heavy (non-hydrogen) atoms. The summed E-state index contributed by atoms with van der Waals surface area (Å²) in [6.45, 7) is 6.03. The van der Waals surface area contributed by atoms with Crippen molar-refractivity contribution in [1.82, 2.24) is 4.98 Å². The molecule has 0 aliphatic carbocycles. The molecule has 0 bridgehead atoms. The van der Waals surface area contributed by atoms with E-state index in [0.717, 1.165) is 23.6 Å². The quantitative estimate of drug-likeness (QED) is 0.748. The molecule has 0 spiro atoms. The van der Waals surface area contributed by atoms with Crippen LogP contribution in [-0.4, -0.2) is 29.8 Å². The fourth-order valence-corrected chi connectivity index (χ4v) is 1.54. The molecule has 0 aliphatic heterocycles. The van der Waals surface area contributed by atoms with E-state index in [1.165, 1.54) is 0 Å². The Balaban J connectivity index is 3.02. The highest BCUT2D eigenvalue weighted by atomic mass is 16.3. The van der Waals surface area contributed by atoms with Gasteiger partial charge in [0.15, 0.2) is 0 Å². The van der Waals surface area contributed by atoms with Gasteiger partial charge < -0.3 is 15.7 Å². The number of hydrogen-bond acceptors (Lipinski definition) is 4. The van der Waals surface area contributed by atoms with E-state index in [2.05, 4.69) is 4.98 Å². The molecule has 4 nitrogen and oxygen atoms in total. The predicted octanol–water partition coefficient (Wildman–Crippen LogP) is 0.667. The summed E-state index contributed by atoms with van der Waals surface area (Å²) in [6, 6.07) is 3.95. The predicted molar refractivity (Wildman–Crippen MR) is 61.8 cm³/mol. The van der Waals surface area contributed by atoms with Crippen molar-refractivity contribution in [1.29, 1.82) is 0 Å². The zero-order valence-electron chi connectivity index (χ0n) is 9.40. The van der Waals surface area contributed by atoms with Gasteiger partial charge in [0.25, 0.3) is 0 Å². The van der Waals surface area contributed by atoms with Crippen LogP contribution in [0.5, 0.6) is 0 Å². The normalized spacial score (nSPS) is 10.4. The van der Waals surface area contributed by atoms with Crippen molar-refractivity contribution in [2.75, 3.05) is 24.6 Å². The van der Waals surface area contributed by atoms with Crippen molar-refractivity contribution in [3.8, 4) is 0 Å². The van der Waals surface area contributed by atoms with Crippen molar-refractivity contribution in [2.45, 2.75) is 20.4 Å². The third-order valence-corrected chi connectivity index (χ3v) is 2.37. The summed E-state index contributed by atoms with van der Waals surface area (Å²) in [6.07, 6.45) is 0. The van der Waals surface area contributed by atoms with Crippen molar-refractivity contribution in [3.05, 3.63) is 23.4 Å². The van der Waals surface area contributed by atoms with Crippen molar-refractivity contribution in [2.24, 2.45) is 5.73 Å². The number of anilines is 1. The third-order valence-electron chi connectivity index (χ3n) is 2.37. The molecule has 0 amide bonds. The van der Waals surface area contributed by atoms with Gasteiger partial charge >= 0.3 is 0 Å². The second-order valence-electron chi connectivity index (χ2n) is 3.44. The Morgan fingerprint density at radius 1 is 1.47 bits per heavy atom. The van der Waals surface area contributed by atoms with E-state index in [-0.39, 0.29) is 6.61 Å². The Hall–Kier alpha value is -1.13. The topological polar surface area (TPSA) is 62.4 Å². The van der Waals surface area contributed by atoms with Crippen LogP contribution in [-0.2, 0) is 6.54 Å². The Bertz CT molecular complexity index is 315. The molecule has 3 N–H and O–H groups in total. The van der Waals surface area contributed by atoms with Gasteiger partial charge in [-0.1, -0.05) is 6.07 Å². The van der Waals surface area contributed by atoms with E-state index in [1.807, 2.05) is 30.9 Å². The number of rotatable bonds is 5. The van der Waals surface area contributed by atoms with Gasteiger partial charge in [-0.05, 0) is 19.9 Å². The van der Waals surface area contributed by atoms with Gasteiger partial charge in [-0.25, -0.2) is 4.98 Å². The number of aliphatic hydroxyl groups is 1. The van der Waals surface area contributed by atoms with E-state index < -0.39 is 0 Å². The van der Waals surface area contributed by atoms with Gasteiger partial charge in [-0.15, -0.1) is 0 Å². The minimum Gasteiger partial charge on any atom is -0.395 e. The fraction of sp³-hybridized carbons (Fsp3) is 0.545. The highest BCUT2D eigenvalue weighted by Gasteiger charge is 2.10. The van der Waals surface area contributed by atoms with Crippen LogP contribution < -0.4 is 10.6 Å². The summed E-state index contributed by atoms with van der Waals surface area (Å²) >= 11 is 0. The molecular formula is C11H19N3O. The third kappa shape index (κ3) is 2.91. The molecule has 1 aromatic heterocycles. The van der Waals surface area contributed by atoms with E-state index in [0.29, 0.717) is 13.1 Å². The average Bonchev–Trinajstić information content (AvgIpc) is 2.26. The first kappa shape index (κ1) is 11.9. The Labute approximate surface area is 90.7 Å². The van der Waals surface area contributed by atoms with Crippen LogP contribution in [0.4, 0.5) is 5.82 Å². The minimum atomic E-state index is 0.132. The van der Waals surface area contributed by atoms with E-state index >= 15 is 0 Å². The van der Waals surface area contributed by atoms with Gasteiger partial charge in [0.2, 0.25) is 0 Å². The second-order valence-corrected chi connectivity index (χ2v) is 3.44. The molecule has 1 heterocycles. The molecule has 0 atom stereocenters. The second kappa shape index (κ2) is 5.68. The SMILES string of the molecule is CCN(CCO)c1nc(C)ccc1CN. The molecule has 0 saturated heterocycles. The lowest BCUT2D eigenvalue weighted by atomic mass is 10.2. The summed E-state index contributed by atoms with van der Waals surface area (Å²) in [5.74, 6) is 0.897. The lowest BCUT2D eigenvalue weighted by Gasteiger charge is -2.23. The average molecular weight is 209 g/mol. The first-order valence-electron chi connectivity index (χ1n) is 5.25. The van der Waals surface area contributed by atoms with Crippen LogP contribution in [0.15, 0.2) is 12.1 Å². The maximum absolute atomic E-state index is 8.96. The summed E-state index contributed by atoms with van der Waals surface area (Å²) in [7, 11) is 0. The first-order valence-corrected chi connectivity index (χ1v) is 5.25. The molecule has 0 unspecified atom stereocenters. The molecule has 0 aromatic carbocycles. The Morgan fingerprint density at radius 2 is 2.20 bits per heavy atom. The summed E-state index contributed by atoms with van der Waals surface area (Å²) in [5, 5.41) is 8.96. The van der Waals surface area contributed by atoms with Crippen molar-refractivity contribution < 1.29 is 5.11 Å². The zero-order valence-corrected chi connectivity index (χ0v) is 9.40. The molecule has 4 heteroatoms. The number of aromatic nitrogens is 1. The number of aliphatic hydroxyl groups excluding tert-OH is 1. The lowest BCUT2D eigenvalue weighted by molar-refractivity contribution is 0.302. The molecule has 1 aromatic rings. The summed E-state index contributed by atoms with van der Waals surface area (Å²) in [4.78, 5) is 6.51. The first-order chi connectivity index (χ1) is 7.22. The van der Waals surface area contributed by atoms with Crippen molar-refractivity contribution >= 4 is 5.82 Å². The van der Waals surface area contributed by atoms with Gasteiger partial charge in [0, 0.05) is 30.9 Å². The highest BCUT2D eigenvalue weighted by Crippen LogP contribution is 2.17. The maximum Gasteiger partial charge on any atom is 0.133 e. The highest BCUT2D eigenvalue weighted by molar-refractivity contribution is 5.47. The fourth-order valence-electron chi connectivity index (χ4n) is 1.54. The Kier molecular flexibility index (Phi) is 4.52. The standard InChI is InChI=1S/C11H19N3O/c1-3-14(6-7-15)11-10(8-12)5-4-9(2)13-11/h4-5,15H,3,6-8,12H2,1-2H3. The number of nitrogens with zero attached hydrogens (tertiary/aromatic N) is 2. The largest absolute Gasteiger partial charge is 0.395 e. The van der Waals surface area contributed by atoms with Gasteiger partial charge in [-0.3, -0.25) is 0 Å². The van der Waals surface area contributed by atoms with Gasteiger partial charge in [-0.2, -0.15) is 0 Å². The van der Waals surface area contributed by atoms with E-state index in [9.17, 15) is 0 Å². The van der Waals surface area contributed by atoms with Gasteiger partial charge in [0.05, 0.1) is 6.61 Å². The smallest absolute Gasteiger partial charge is 0.133 e. The lowest BCUT2D eigenvalue weighted by Crippen LogP contribution is -2.28. The van der Waals surface area contributed by atoms with Crippen LogP contribution >= 0.6 is 0 Å². The number of hydrogen-bond donors (Lipinski definition) is 2. The van der Waals surface area contributed by atoms with Gasteiger partial charge in [0.1, 0.15) is 5.82 Å². The number of likely N-dealkylation sites (N-methyl/N-ethyl adjacent to an activating group) is 1. The molecular weight excluding hydrogens is 190 g/mol. The van der Waals surface area contributed by atoms with Crippen molar-refractivity contribution in [3.63, 3.8) is 0 Å². The van der Waals surface area contributed by atoms with Crippen LogP contribution in [0, 0.1) is 6.92 Å². The number of nitrogens with two attached hydrogens (primary N) is 1. The molecule has 0 aliphatic rings. The molecule has 0 radical (unpaired) electrons. The number of pyridine rings is 1. The minimum absolute atomic E-state index is 0.132. The Morgan fingerprint density at radius 3 is 2.73 bits per heavy atom. The van der Waals surface area contributed by atoms with Crippen LogP contribution in [0.1, 0.15) is 18.2 Å². The number of aryl methyl sites for hydroxylation is 1. The summed E-state index contributed by atoms with van der Waals surface area (Å²) in [5.41, 5.74) is 7.66. The summed E-state index contributed by atoms with van der Waals surface area (Å²) < 4.78 is 0. The molecule has 0 saturated carbocycles. The van der Waals surface area contributed by atoms with Crippen LogP contribution in [0.2, 0.25) is 0 Å². The van der Waals surface area contributed by atoms with Crippen LogP contribution in [0.25, 0.3) is 0 Å². The van der Waals surface area contributed by atoms with E-state index in [1.54, 1.807) is 0 Å². The van der Waals surface area contributed by atoms with Crippen LogP contribution in [0.3, 0.4) is 0 Å². The monoisotopic (exact) mass is 209 g/mol.